The van der Waals surface area contributed by atoms with E-state index in [0.29, 0.717) is 21.5 Å². The Morgan fingerprint density at radius 2 is 2.15 bits per heavy atom. The number of halogens is 2. The van der Waals surface area contributed by atoms with Crippen molar-refractivity contribution in [3.8, 4) is 17.7 Å². The SMILES string of the molecule is COc1cc(C#N)ccc1COc1nc(Br)ccc1F. The van der Waals surface area contributed by atoms with Crippen molar-refractivity contribution >= 4 is 15.9 Å². The van der Waals surface area contributed by atoms with Crippen LogP contribution in [-0.4, -0.2) is 12.1 Å². The summed E-state index contributed by atoms with van der Waals surface area (Å²) < 4.78 is 24.5. The van der Waals surface area contributed by atoms with E-state index in [0.717, 1.165) is 0 Å². The van der Waals surface area contributed by atoms with E-state index in [9.17, 15) is 4.39 Å². The van der Waals surface area contributed by atoms with Gasteiger partial charge in [-0.2, -0.15) is 5.26 Å². The van der Waals surface area contributed by atoms with Crippen molar-refractivity contribution < 1.29 is 13.9 Å². The maximum atomic E-state index is 13.5. The summed E-state index contributed by atoms with van der Waals surface area (Å²) in [6, 6.07) is 9.72. The predicted molar refractivity (Wildman–Crippen MR) is 73.9 cm³/mol. The molecule has 20 heavy (non-hydrogen) atoms. The number of pyridine rings is 1. The molecule has 0 aliphatic heterocycles. The van der Waals surface area contributed by atoms with E-state index in [2.05, 4.69) is 20.9 Å². The molecule has 0 spiro atoms. The zero-order valence-electron chi connectivity index (χ0n) is 10.6. The number of hydrogen-bond donors (Lipinski definition) is 0. The van der Waals surface area contributed by atoms with E-state index >= 15 is 0 Å². The van der Waals surface area contributed by atoms with Gasteiger partial charge in [0.2, 0.25) is 0 Å². The standard InChI is InChI=1S/C14H10BrFN2O2/c1-19-12-6-9(7-17)2-3-10(12)8-20-14-11(16)4-5-13(15)18-14/h2-6H,8H2,1H3. The van der Waals surface area contributed by atoms with Crippen molar-refractivity contribution in [2.45, 2.75) is 6.61 Å². The van der Waals surface area contributed by atoms with Crippen LogP contribution in [0.5, 0.6) is 11.6 Å². The first-order chi connectivity index (χ1) is 9.63. The molecular weight excluding hydrogens is 327 g/mol. The van der Waals surface area contributed by atoms with E-state index < -0.39 is 5.82 Å². The van der Waals surface area contributed by atoms with E-state index in [1.807, 2.05) is 6.07 Å². The van der Waals surface area contributed by atoms with Crippen LogP contribution in [0.4, 0.5) is 4.39 Å². The van der Waals surface area contributed by atoms with Crippen LogP contribution in [0.25, 0.3) is 0 Å². The molecule has 6 heteroatoms. The largest absolute Gasteiger partial charge is 0.496 e. The lowest BCUT2D eigenvalue weighted by atomic mass is 10.1. The molecule has 0 unspecified atom stereocenters. The molecule has 2 rings (SSSR count). The van der Waals surface area contributed by atoms with E-state index in [-0.39, 0.29) is 12.5 Å². The zero-order valence-corrected chi connectivity index (χ0v) is 12.1. The first kappa shape index (κ1) is 14.3. The lowest BCUT2D eigenvalue weighted by molar-refractivity contribution is 0.270. The quantitative estimate of drug-likeness (QED) is 0.802. The van der Waals surface area contributed by atoms with Crippen LogP contribution in [0.15, 0.2) is 34.9 Å². The zero-order chi connectivity index (χ0) is 14.5. The molecule has 0 amide bonds. The maximum Gasteiger partial charge on any atom is 0.251 e. The average Bonchev–Trinajstić information content (AvgIpc) is 2.48. The summed E-state index contributed by atoms with van der Waals surface area (Å²) in [5.41, 5.74) is 1.19. The van der Waals surface area contributed by atoms with Crippen molar-refractivity contribution in [1.29, 1.82) is 5.26 Å². The molecule has 0 aliphatic rings. The molecule has 1 aromatic heterocycles. The van der Waals surface area contributed by atoms with Gasteiger partial charge >= 0.3 is 0 Å². The van der Waals surface area contributed by atoms with Crippen LogP contribution >= 0.6 is 15.9 Å². The Morgan fingerprint density at radius 3 is 2.85 bits per heavy atom. The molecule has 0 radical (unpaired) electrons. The monoisotopic (exact) mass is 336 g/mol. The van der Waals surface area contributed by atoms with Crippen LogP contribution in [0.2, 0.25) is 0 Å². The van der Waals surface area contributed by atoms with Crippen LogP contribution < -0.4 is 9.47 Å². The predicted octanol–water partition coefficient (Wildman–Crippen LogP) is 3.44. The first-order valence-electron chi connectivity index (χ1n) is 5.66. The second-order valence-corrected chi connectivity index (χ2v) is 4.66. The van der Waals surface area contributed by atoms with Gasteiger partial charge in [-0.05, 0) is 40.2 Å². The minimum absolute atomic E-state index is 0.0919. The van der Waals surface area contributed by atoms with Gasteiger partial charge in [0.1, 0.15) is 17.0 Å². The number of hydrogen-bond acceptors (Lipinski definition) is 4. The van der Waals surface area contributed by atoms with Gasteiger partial charge in [0.15, 0.2) is 5.82 Å². The highest BCUT2D eigenvalue weighted by atomic mass is 79.9. The molecule has 0 bridgehead atoms. The Morgan fingerprint density at radius 1 is 1.35 bits per heavy atom. The van der Waals surface area contributed by atoms with Gasteiger partial charge in [-0.15, -0.1) is 0 Å². The smallest absolute Gasteiger partial charge is 0.251 e. The minimum atomic E-state index is -0.541. The molecular formula is C14H10BrFN2O2. The summed E-state index contributed by atoms with van der Waals surface area (Å²) in [7, 11) is 1.50. The number of ether oxygens (including phenoxy) is 2. The molecule has 0 fully saturated rings. The summed E-state index contributed by atoms with van der Waals surface area (Å²) in [4.78, 5) is 3.90. The van der Waals surface area contributed by atoms with Crippen LogP contribution in [0.3, 0.4) is 0 Å². The number of benzene rings is 1. The Hall–Kier alpha value is -2.13. The molecule has 0 aliphatic carbocycles. The minimum Gasteiger partial charge on any atom is -0.496 e. The normalized spacial score (nSPS) is 9.90. The van der Waals surface area contributed by atoms with Gasteiger partial charge in [-0.3, -0.25) is 0 Å². The van der Waals surface area contributed by atoms with Crippen molar-refractivity contribution in [1.82, 2.24) is 4.98 Å². The molecule has 0 N–H and O–H groups in total. The topological polar surface area (TPSA) is 55.1 Å². The summed E-state index contributed by atoms with van der Waals surface area (Å²) >= 11 is 3.15. The van der Waals surface area contributed by atoms with E-state index in [1.54, 1.807) is 18.2 Å². The number of methoxy groups -OCH3 is 1. The Balaban J connectivity index is 2.19. The van der Waals surface area contributed by atoms with Crippen molar-refractivity contribution in [2.75, 3.05) is 7.11 Å². The second kappa shape index (κ2) is 6.35. The summed E-state index contributed by atoms with van der Waals surface area (Å²) in [5, 5.41) is 8.82. The van der Waals surface area contributed by atoms with Crippen molar-refractivity contribution in [2.24, 2.45) is 0 Å². The van der Waals surface area contributed by atoms with Gasteiger partial charge in [0.05, 0.1) is 18.7 Å². The Labute approximate surface area is 123 Å². The summed E-state index contributed by atoms with van der Waals surface area (Å²) in [6.07, 6.45) is 0. The van der Waals surface area contributed by atoms with Crippen molar-refractivity contribution in [3.05, 3.63) is 51.9 Å². The summed E-state index contributed by atoms with van der Waals surface area (Å²) in [6.45, 7) is 0.0925. The highest BCUT2D eigenvalue weighted by Gasteiger charge is 2.09. The van der Waals surface area contributed by atoms with Crippen LogP contribution in [-0.2, 0) is 6.61 Å². The molecule has 4 nitrogen and oxygen atoms in total. The highest BCUT2D eigenvalue weighted by Crippen LogP contribution is 2.23. The maximum absolute atomic E-state index is 13.5. The fourth-order valence-electron chi connectivity index (χ4n) is 1.58. The van der Waals surface area contributed by atoms with Crippen LogP contribution in [0.1, 0.15) is 11.1 Å². The van der Waals surface area contributed by atoms with Gasteiger partial charge in [0.25, 0.3) is 5.88 Å². The summed E-state index contributed by atoms with van der Waals surface area (Å²) in [5.74, 6) is -0.119. The highest BCUT2D eigenvalue weighted by molar-refractivity contribution is 9.10. The fourth-order valence-corrected chi connectivity index (χ4v) is 1.87. The second-order valence-electron chi connectivity index (χ2n) is 3.85. The molecule has 1 heterocycles. The van der Waals surface area contributed by atoms with Gasteiger partial charge < -0.3 is 9.47 Å². The first-order valence-corrected chi connectivity index (χ1v) is 6.45. The van der Waals surface area contributed by atoms with Crippen LogP contribution in [0, 0.1) is 17.1 Å². The molecule has 102 valence electrons. The molecule has 0 saturated carbocycles. The fraction of sp³-hybridized carbons (Fsp3) is 0.143. The number of nitrogens with zero attached hydrogens (tertiary/aromatic N) is 2. The third kappa shape index (κ3) is 3.25. The Kier molecular flexibility index (Phi) is 4.53. The third-order valence-electron chi connectivity index (χ3n) is 2.56. The number of aromatic nitrogens is 1. The average molecular weight is 337 g/mol. The molecule has 0 atom stereocenters. The van der Waals surface area contributed by atoms with E-state index in [4.69, 9.17) is 14.7 Å². The molecule has 0 saturated heterocycles. The van der Waals surface area contributed by atoms with E-state index in [1.165, 1.54) is 19.2 Å². The lowest BCUT2D eigenvalue weighted by Crippen LogP contribution is -2.02. The molecule has 2 aromatic rings. The van der Waals surface area contributed by atoms with Gasteiger partial charge in [0, 0.05) is 5.56 Å². The molecule has 1 aromatic carbocycles. The number of rotatable bonds is 4. The Bertz CT molecular complexity index is 671. The third-order valence-corrected chi connectivity index (χ3v) is 3.00. The van der Waals surface area contributed by atoms with Crippen molar-refractivity contribution in [3.63, 3.8) is 0 Å². The van der Waals surface area contributed by atoms with Gasteiger partial charge in [-0.25, -0.2) is 9.37 Å². The lowest BCUT2D eigenvalue weighted by Gasteiger charge is -2.10. The van der Waals surface area contributed by atoms with Gasteiger partial charge in [-0.1, -0.05) is 6.07 Å². The number of nitriles is 1.